The quantitative estimate of drug-likeness (QED) is 0.837. The fourth-order valence-electron chi connectivity index (χ4n) is 2.49. The molecule has 0 bridgehead atoms. The van der Waals surface area contributed by atoms with Crippen LogP contribution in [0.5, 0.6) is 11.5 Å². The van der Waals surface area contributed by atoms with Crippen LogP contribution < -0.4 is 14.8 Å². The van der Waals surface area contributed by atoms with Crippen LogP contribution in [0.25, 0.3) is 0 Å². The minimum Gasteiger partial charge on any atom is -0.489 e. The molecule has 144 valence electrons. The number of carbonyl (C=O) groups excluding carboxylic acids is 1. The average molecular weight is 411 g/mol. The number of anilines is 1. The molecule has 0 aromatic heterocycles. The number of sulfonamides is 1. The van der Waals surface area contributed by atoms with Crippen molar-refractivity contribution < 1.29 is 22.7 Å². The van der Waals surface area contributed by atoms with Crippen LogP contribution in [0, 0.1) is 0 Å². The molecule has 1 amide bonds. The summed E-state index contributed by atoms with van der Waals surface area (Å²) in [7, 11) is -0.606. The Morgan fingerprint density at radius 2 is 1.78 bits per heavy atom. The van der Waals surface area contributed by atoms with E-state index in [4.69, 9.17) is 21.1 Å². The highest BCUT2D eigenvalue weighted by Gasteiger charge is 2.19. The lowest BCUT2D eigenvalue weighted by Gasteiger charge is -2.13. The highest BCUT2D eigenvalue weighted by Crippen LogP contribution is 2.38. The van der Waals surface area contributed by atoms with Gasteiger partial charge in [0, 0.05) is 31.8 Å². The summed E-state index contributed by atoms with van der Waals surface area (Å²) in [6.45, 7) is 0.983. The van der Waals surface area contributed by atoms with Crippen molar-refractivity contribution in [3.63, 3.8) is 0 Å². The molecule has 2 aromatic rings. The Hall–Kier alpha value is -2.29. The van der Waals surface area contributed by atoms with Gasteiger partial charge in [-0.2, -0.15) is 0 Å². The molecular weight excluding hydrogens is 392 g/mol. The van der Waals surface area contributed by atoms with Crippen molar-refractivity contribution in [2.45, 2.75) is 11.3 Å². The minimum absolute atomic E-state index is 0.143. The molecule has 0 unspecified atom stereocenters. The Morgan fingerprint density at radius 3 is 2.44 bits per heavy atom. The fraction of sp³-hybridized carbons (Fsp3) is 0.278. The number of nitrogens with one attached hydrogen (secondary N) is 1. The number of hydrogen-bond donors (Lipinski definition) is 1. The van der Waals surface area contributed by atoms with E-state index in [1.807, 2.05) is 0 Å². The largest absolute Gasteiger partial charge is 0.489 e. The maximum absolute atomic E-state index is 12.5. The summed E-state index contributed by atoms with van der Waals surface area (Å²) in [5.41, 5.74) is 0.773. The molecule has 27 heavy (non-hydrogen) atoms. The number of hydrogen-bond acceptors (Lipinski definition) is 5. The topological polar surface area (TPSA) is 84.9 Å². The number of ether oxygens (including phenoxy) is 2. The molecule has 0 aliphatic carbocycles. The zero-order valence-corrected chi connectivity index (χ0v) is 16.4. The summed E-state index contributed by atoms with van der Waals surface area (Å²) in [5, 5.41) is 3.01. The van der Waals surface area contributed by atoms with Crippen LogP contribution in [0.3, 0.4) is 0 Å². The van der Waals surface area contributed by atoms with Gasteiger partial charge < -0.3 is 14.8 Å². The maximum atomic E-state index is 12.5. The molecule has 1 N–H and O–H groups in total. The number of halogens is 1. The van der Waals surface area contributed by atoms with E-state index in [1.165, 1.54) is 44.4 Å². The number of fused-ring (bicyclic) bond motifs is 1. The molecule has 0 saturated carbocycles. The van der Waals surface area contributed by atoms with E-state index in [-0.39, 0.29) is 4.90 Å². The zero-order valence-electron chi connectivity index (χ0n) is 14.9. The van der Waals surface area contributed by atoms with E-state index in [9.17, 15) is 13.2 Å². The van der Waals surface area contributed by atoms with Crippen LogP contribution in [-0.4, -0.2) is 45.9 Å². The third-order valence-corrected chi connectivity index (χ3v) is 6.07. The molecule has 0 radical (unpaired) electrons. The number of rotatable bonds is 4. The van der Waals surface area contributed by atoms with Crippen LogP contribution in [0.1, 0.15) is 16.8 Å². The van der Waals surface area contributed by atoms with Gasteiger partial charge in [0.25, 0.3) is 5.91 Å². The molecule has 0 spiro atoms. The lowest BCUT2D eigenvalue weighted by Crippen LogP contribution is -2.22. The molecule has 7 nitrogen and oxygen atoms in total. The van der Waals surface area contributed by atoms with E-state index < -0.39 is 15.9 Å². The SMILES string of the molecule is CN(C)S(=O)(=O)c1ccc(NC(=O)c2cc(Cl)c3c(c2)OCCCO3)cc1. The summed E-state index contributed by atoms with van der Waals surface area (Å²) in [6.07, 6.45) is 0.731. The Balaban J connectivity index is 1.80. The Morgan fingerprint density at radius 1 is 1.11 bits per heavy atom. The first-order valence-electron chi connectivity index (χ1n) is 8.22. The molecule has 2 aromatic carbocycles. The Bertz CT molecular complexity index is 958. The van der Waals surface area contributed by atoms with Crippen LogP contribution in [0.15, 0.2) is 41.3 Å². The van der Waals surface area contributed by atoms with Crippen molar-refractivity contribution in [3.8, 4) is 11.5 Å². The van der Waals surface area contributed by atoms with E-state index in [1.54, 1.807) is 6.07 Å². The first-order chi connectivity index (χ1) is 12.8. The molecule has 0 fully saturated rings. The third-order valence-electron chi connectivity index (χ3n) is 3.96. The molecule has 1 aliphatic rings. The van der Waals surface area contributed by atoms with Crippen LogP contribution in [0.4, 0.5) is 5.69 Å². The van der Waals surface area contributed by atoms with E-state index >= 15 is 0 Å². The first-order valence-corrected chi connectivity index (χ1v) is 10.0. The lowest BCUT2D eigenvalue weighted by atomic mass is 10.1. The number of amides is 1. The Kier molecular flexibility index (Phi) is 5.59. The number of benzene rings is 2. The molecule has 3 rings (SSSR count). The molecular formula is C18H19ClN2O5S. The predicted molar refractivity (Wildman–Crippen MR) is 102 cm³/mol. The molecule has 1 aliphatic heterocycles. The van der Waals surface area contributed by atoms with Crippen molar-refractivity contribution in [3.05, 3.63) is 47.0 Å². The van der Waals surface area contributed by atoms with Crippen molar-refractivity contribution in [2.75, 3.05) is 32.6 Å². The van der Waals surface area contributed by atoms with Gasteiger partial charge in [-0.3, -0.25) is 4.79 Å². The normalized spacial score (nSPS) is 13.9. The van der Waals surface area contributed by atoms with Crippen LogP contribution >= 0.6 is 11.6 Å². The lowest BCUT2D eigenvalue weighted by molar-refractivity contribution is 0.102. The molecule has 0 atom stereocenters. The second-order valence-electron chi connectivity index (χ2n) is 6.10. The number of nitrogens with zero attached hydrogens (tertiary/aromatic N) is 1. The van der Waals surface area contributed by atoms with E-state index in [0.717, 1.165) is 10.7 Å². The molecule has 0 saturated heterocycles. The summed E-state index contributed by atoms with van der Waals surface area (Å²) < 4.78 is 36.4. The van der Waals surface area contributed by atoms with Gasteiger partial charge in [0.1, 0.15) is 0 Å². The first kappa shape index (κ1) is 19.5. The smallest absolute Gasteiger partial charge is 0.255 e. The second kappa shape index (κ2) is 7.75. The maximum Gasteiger partial charge on any atom is 0.255 e. The summed E-state index contributed by atoms with van der Waals surface area (Å²) in [4.78, 5) is 12.7. The van der Waals surface area contributed by atoms with Crippen molar-refractivity contribution in [1.82, 2.24) is 4.31 Å². The highest BCUT2D eigenvalue weighted by atomic mass is 35.5. The van der Waals surface area contributed by atoms with Crippen molar-refractivity contribution >= 4 is 33.2 Å². The monoisotopic (exact) mass is 410 g/mol. The van der Waals surface area contributed by atoms with Gasteiger partial charge in [0.05, 0.1) is 23.1 Å². The van der Waals surface area contributed by atoms with Gasteiger partial charge in [-0.15, -0.1) is 0 Å². The van der Waals surface area contributed by atoms with Gasteiger partial charge in [0.2, 0.25) is 10.0 Å². The van der Waals surface area contributed by atoms with Crippen molar-refractivity contribution in [1.29, 1.82) is 0 Å². The molecule has 1 heterocycles. The van der Waals surface area contributed by atoms with Gasteiger partial charge >= 0.3 is 0 Å². The van der Waals surface area contributed by atoms with E-state index in [0.29, 0.717) is 41.0 Å². The Labute approximate surface area is 162 Å². The predicted octanol–water partition coefficient (Wildman–Crippen LogP) is 3.00. The van der Waals surface area contributed by atoms with Gasteiger partial charge in [-0.05, 0) is 36.4 Å². The minimum atomic E-state index is -3.52. The summed E-state index contributed by atoms with van der Waals surface area (Å²) in [6, 6.07) is 9.01. The van der Waals surface area contributed by atoms with Crippen LogP contribution in [0.2, 0.25) is 5.02 Å². The number of carbonyl (C=O) groups is 1. The van der Waals surface area contributed by atoms with Gasteiger partial charge in [-0.25, -0.2) is 12.7 Å². The third kappa shape index (κ3) is 4.18. The zero-order chi connectivity index (χ0) is 19.6. The fourth-order valence-corrected chi connectivity index (χ4v) is 3.65. The molecule has 9 heteroatoms. The summed E-state index contributed by atoms with van der Waals surface area (Å²) in [5.74, 6) is 0.470. The van der Waals surface area contributed by atoms with Crippen molar-refractivity contribution in [2.24, 2.45) is 0 Å². The average Bonchev–Trinajstić information content (AvgIpc) is 2.88. The van der Waals surface area contributed by atoms with Gasteiger partial charge in [0.15, 0.2) is 11.5 Å². The summed E-state index contributed by atoms with van der Waals surface area (Å²) >= 11 is 6.21. The van der Waals surface area contributed by atoms with Gasteiger partial charge in [-0.1, -0.05) is 11.6 Å². The van der Waals surface area contributed by atoms with E-state index in [2.05, 4.69) is 5.32 Å². The highest BCUT2D eigenvalue weighted by molar-refractivity contribution is 7.89. The second-order valence-corrected chi connectivity index (χ2v) is 8.66. The standard InChI is InChI=1S/C18H19ClN2O5S/c1-21(2)27(23,24)14-6-4-13(5-7-14)20-18(22)12-10-15(19)17-16(11-12)25-8-3-9-26-17/h4-7,10-11H,3,8-9H2,1-2H3,(H,20,22). The van der Waals surface area contributed by atoms with Crippen LogP contribution in [-0.2, 0) is 10.0 Å².